The van der Waals surface area contributed by atoms with E-state index in [0.29, 0.717) is 6.54 Å². The zero-order chi connectivity index (χ0) is 24.7. The Balaban J connectivity index is 1.49. The molecule has 1 saturated carbocycles. The van der Waals surface area contributed by atoms with Gasteiger partial charge in [-0.3, -0.25) is 14.6 Å². The summed E-state index contributed by atoms with van der Waals surface area (Å²) in [7, 11) is 0. The first-order valence-electron chi connectivity index (χ1n) is 12.8. The van der Waals surface area contributed by atoms with Crippen molar-refractivity contribution < 1.29 is 9.59 Å². The van der Waals surface area contributed by atoms with E-state index < -0.39 is 6.04 Å². The third-order valence-corrected chi connectivity index (χ3v) is 7.07. The maximum Gasteiger partial charge on any atom is 0.247 e. The number of benzene rings is 2. The number of hydrogen-bond donors (Lipinski definition) is 2. The summed E-state index contributed by atoms with van der Waals surface area (Å²) >= 11 is 0. The molecule has 0 unspecified atom stereocenters. The lowest BCUT2D eigenvalue weighted by Crippen LogP contribution is -2.47. The van der Waals surface area contributed by atoms with Crippen molar-refractivity contribution in [1.29, 1.82) is 0 Å². The van der Waals surface area contributed by atoms with Crippen molar-refractivity contribution in [3.8, 4) is 0 Å². The van der Waals surface area contributed by atoms with Gasteiger partial charge in [-0.2, -0.15) is 0 Å². The van der Waals surface area contributed by atoms with Gasteiger partial charge in [-0.05, 0) is 47.7 Å². The van der Waals surface area contributed by atoms with Crippen LogP contribution < -0.4 is 5.32 Å². The Labute approximate surface area is 211 Å². The van der Waals surface area contributed by atoms with Crippen LogP contribution in [0, 0.1) is 0 Å². The molecule has 2 aromatic heterocycles. The van der Waals surface area contributed by atoms with Gasteiger partial charge >= 0.3 is 0 Å². The number of fused-ring (bicyclic) bond motifs is 1. The van der Waals surface area contributed by atoms with Gasteiger partial charge in [0.05, 0.1) is 6.42 Å². The molecule has 2 heterocycles. The van der Waals surface area contributed by atoms with E-state index in [2.05, 4.69) is 15.3 Å². The molecule has 36 heavy (non-hydrogen) atoms. The smallest absolute Gasteiger partial charge is 0.247 e. The second-order valence-corrected chi connectivity index (χ2v) is 9.57. The standard InChI is InChI=1S/C30H32N4O2/c35-28(19-24-20-32-27-14-8-7-13-26(24)27)34(21-22-9-3-1-4-10-22)29(23-15-17-31-18-16-23)30(36)33-25-11-5-2-6-12-25/h1,3-4,7-10,13-18,20,25,29,32H,2,5-6,11-12,19,21H2,(H,33,36)/t29-/m0/s1. The first-order chi connectivity index (χ1) is 17.7. The van der Waals surface area contributed by atoms with Gasteiger partial charge in [0.25, 0.3) is 0 Å². The number of aromatic nitrogens is 2. The molecule has 2 N–H and O–H groups in total. The van der Waals surface area contributed by atoms with Gasteiger partial charge in [-0.1, -0.05) is 67.8 Å². The maximum absolute atomic E-state index is 14.0. The van der Waals surface area contributed by atoms with Crippen molar-refractivity contribution in [3.05, 3.63) is 102 Å². The van der Waals surface area contributed by atoms with Crippen LogP contribution in [0.25, 0.3) is 10.9 Å². The predicted molar refractivity (Wildman–Crippen MR) is 141 cm³/mol. The van der Waals surface area contributed by atoms with Crippen LogP contribution in [-0.2, 0) is 22.6 Å². The third-order valence-electron chi connectivity index (χ3n) is 7.07. The number of nitrogens with zero attached hydrogens (tertiary/aromatic N) is 2. The molecule has 5 rings (SSSR count). The minimum Gasteiger partial charge on any atom is -0.361 e. The number of para-hydroxylation sites is 1. The highest BCUT2D eigenvalue weighted by atomic mass is 16.2. The first-order valence-corrected chi connectivity index (χ1v) is 12.8. The summed E-state index contributed by atoms with van der Waals surface area (Å²) < 4.78 is 0. The van der Waals surface area contributed by atoms with Gasteiger partial charge in [0, 0.05) is 42.1 Å². The summed E-state index contributed by atoms with van der Waals surface area (Å²) in [5.74, 6) is -0.222. The summed E-state index contributed by atoms with van der Waals surface area (Å²) in [6.07, 6.45) is 10.9. The molecule has 1 aliphatic rings. The van der Waals surface area contributed by atoms with Gasteiger partial charge in [-0.25, -0.2) is 0 Å². The largest absolute Gasteiger partial charge is 0.361 e. The first kappa shape index (κ1) is 23.8. The molecule has 0 spiro atoms. The Bertz CT molecular complexity index is 1300. The molecule has 0 radical (unpaired) electrons. The quantitative estimate of drug-likeness (QED) is 0.358. The average molecular weight is 481 g/mol. The van der Waals surface area contributed by atoms with Crippen molar-refractivity contribution in [2.75, 3.05) is 0 Å². The van der Waals surface area contributed by atoms with Crippen molar-refractivity contribution >= 4 is 22.7 Å². The fourth-order valence-corrected chi connectivity index (χ4v) is 5.19. The number of H-pyrrole nitrogens is 1. The molecule has 1 atom stereocenters. The highest BCUT2D eigenvalue weighted by Crippen LogP contribution is 2.27. The van der Waals surface area contributed by atoms with Crippen LogP contribution in [0.5, 0.6) is 0 Å². The molecular formula is C30H32N4O2. The molecular weight excluding hydrogens is 448 g/mol. The molecule has 6 heteroatoms. The minimum atomic E-state index is -0.743. The third kappa shape index (κ3) is 5.48. The minimum absolute atomic E-state index is 0.0933. The van der Waals surface area contributed by atoms with E-state index in [1.54, 1.807) is 17.3 Å². The van der Waals surface area contributed by atoms with E-state index >= 15 is 0 Å². The SMILES string of the molecule is O=C(NC1CCCCC1)[C@H](c1ccncc1)N(Cc1ccccc1)C(=O)Cc1c[nH]c2ccccc12. The highest BCUT2D eigenvalue weighted by molar-refractivity contribution is 5.92. The zero-order valence-electron chi connectivity index (χ0n) is 20.4. The molecule has 2 aromatic carbocycles. The van der Waals surface area contributed by atoms with Crippen LogP contribution in [0.15, 0.2) is 85.3 Å². The van der Waals surface area contributed by atoms with Gasteiger partial charge in [0.15, 0.2) is 0 Å². The monoisotopic (exact) mass is 480 g/mol. The van der Waals surface area contributed by atoms with Crippen LogP contribution in [-0.4, -0.2) is 32.7 Å². The summed E-state index contributed by atoms with van der Waals surface area (Å²) in [5.41, 5.74) is 3.67. The Kier molecular flexibility index (Phi) is 7.41. The van der Waals surface area contributed by atoms with E-state index in [1.165, 1.54) is 6.42 Å². The zero-order valence-corrected chi connectivity index (χ0v) is 20.4. The van der Waals surface area contributed by atoms with Gasteiger partial charge in [0.1, 0.15) is 6.04 Å². The van der Waals surface area contributed by atoms with Crippen molar-refractivity contribution in [2.45, 2.75) is 57.2 Å². The molecule has 1 fully saturated rings. The van der Waals surface area contributed by atoms with Crippen LogP contribution in [0.1, 0.15) is 54.8 Å². The molecule has 2 amide bonds. The fraction of sp³-hybridized carbons (Fsp3) is 0.300. The Morgan fingerprint density at radius 2 is 1.67 bits per heavy atom. The molecule has 4 aromatic rings. The van der Waals surface area contributed by atoms with Gasteiger partial charge in [-0.15, -0.1) is 0 Å². The van der Waals surface area contributed by atoms with Crippen LogP contribution >= 0.6 is 0 Å². The number of hydrogen-bond acceptors (Lipinski definition) is 3. The maximum atomic E-state index is 14.0. The second-order valence-electron chi connectivity index (χ2n) is 9.57. The molecule has 6 nitrogen and oxygen atoms in total. The van der Waals surface area contributed by atoms with Gasteiger partial charge < -0.3 is 15.2 Å². The van der Waals surface area contributed by atoms with Crippen molar-refractivity contribution in [3.63, 3.8) is 0 Å². The predicted octanol–water partition coefficient (Wildman–Crippen LogP) is 5.32. The highest BCUT2D eigenvalue weighted by Gasteiger charge is 2.33. The van der Waals surface area contributed by atoms with E-state index in [9.17, 15) is 9.59 Å². The molecule has 0 bridgehead atoms. The summed E-state index contributed by atoms with van der Waals surface area (Å²) in [4.78, 5) is 37.0. The molecule has 1 aliphatic carbocycles. The summed E-state index contributed by atoms with van der Waals surface area (Å²) in [6.45, 7) is 0.340. The van der Waals surface area contributed by atoms with E-state index in [1.807, 2.05) is 72.9 Å². The lowest BCUT2D eigenvalue weighted by atomic mass is 9.94. The van der Waals surface area contributed by atoms with E-state index in [4.69, 9.17) is 0 Å². The number of rotatable bonds is 8. The Morgan fingerprint density at radius 1 is 0.944 bits per heavy atom. The Hall–Kier alpha value is -3.93. The second kappa shape index (κ2) is 11.2. The fourth-order valence-electron chi connectivity index (χ4n) is 5.19. The number of pyridine rings is 1. The van der Waals surface area contributed by atoms with Gasteiger partial charge in [0.2, 0.25) is 11.8 Å². The lowest BCUT2D eigenvalue weighted by Gasteiger charge is -2.33. The average Bonchev–Trinajstić information content (AvgIpc) is 3.33. The van der Waals surface area contributed by atoms with Crippen LogP contribution in [0.3, 0.4) is 0 Å². The molecule has 0 aliphatic heterocycles. The van der Waals surface area contributed by atoms with Crippen molar-refractivity contribution in [2.24, 2.45) is 0 Å². The van der Waals surface area contributed by atoms with Crippen LogP contribution in [0.2, 0.25) is 0 Å². The molecule has 0 saturated heterocycles. The van der Waals surface area contributed by atoms with Crippen LogP contribution in [0.4, 0.5) is 0 Å². The topological polar surface area (TPSA) is 78.1 Å². The normalized spacial score (nSPS) is 14.9. The molecule has 184 valence electrons. The number of aromatic amines is 1. The number of amides is 2. The summed E-state index contributed by atoms with van der Waals surface area (Å²) in [6, 6.07) is 20.9. The van der Waals surface area contributed by atoms with E-state index in [0.717, 1.165) is 53.3 Å². The lowest BCUT2D eigenvalue weighted by molar-refractivity contribution is -0.141. The van der Waals surface area contributed by atoms with E-state index in [-0.39, 0.29) is 24.3 Å². The Morgan fingerprint density at radius 3 is 2.44 bits per heavy atom. The van der Waals surface area contributed by atoms with Crippen molar-refractivity contribution in [1.82, 2.24) is 20.2 Å². The number of nitrogens with one attached hydrogen (secondary N) is 2. The number of carbonyl (C=O) groups is 2. The number of carbonyl (C=O) groups excluding carboxylic acids is 2. The summed E-state index contributed by atoms with van der Waals surface area (Å²) in [5, 5.41) is 4.29.